The maximum atomic E-state index is 4.13. The van der Waals surface area contributed by atoms with Crippen LogP contribution in [0.2, 0.25) is 0 Å². The average Bonchev–Trinajstić information content (AvgIpc) is 2.35. The van der Waals surface area contributed by atoms with Crippen LogP contribution < -0.4 is 5.32 Å². The molecular weight excluding hydrogens is 196 g/mol. The third-order valence-electron chi connectivity index (χ3n) is 2.87. The Kier molecular flexibility index (Phi) is 6.50. The van der Waals surface area contributed by atoms with Crippen LogP contribution >= 0.6 is 0 Å². The summed E-state index contributed by atoms with van der Waals surface area (Å²) in [5.41, 5.74) is 1.33. The molecule has 0 aromatic carbocycles. The molecule has 2 nitrogen and oxygen atoms in total. The van der Waals surface area contributed by atoms with E-state index >= 15 is 0 Å². The maximum absolute atomic E-state index is 4.13. The van der Waals surface area contributed by atoms with Crippen molar-refractivity contribution in [3.63, 3.8) is 0 Å². The second-order valence-corrected chi connectivity index (χ2v) is 4.11. The number of rotatable bonds is 8. The summed E-state index contributed by atoms with van der Waals surface area (Å²) in [4.78, 5) is 4.13. The van der Waals surface area contributed by atoms with Crippen molar-refractivity contribution >= 4 is 0 Å². The van der Waals surface area contributed by atoms with Crippen LogP contribution in [0.25, 0.3) is 0 Å². The summed E-state index contributed by atoms with van der Waals surface area (Å²) in [5, 5.41) is 3.38. The number of nitrogens with one attached hydrogen (secondary N) is 1. The van der Waals surface area contributed by atoms with Crippen LogP contribution in [0, 0.1) is 0 Å². The Morgan fingerprint density at radius 2 is 2.38 bits per heavy atom. The number of unbranched alkanes of at least 4 members (excludes halogenated alkanes) is 1. The smallest absolute Gasteiger partial charge is 0.0299 e. The number of allylic oxidation sites excluding steroid dienone is 1. The monoisotopic (exact) mass is 218 g/mol. The van der Waals surface area contributed by atoms with E-state index in [1.165, 1.54) is 24.8 Å². The van der Waals surface area contributed by atoms with E-state index in [1.807, 2.05) is 31.6 Å². The number of hydrogen-bond acceptors (Lipinski definition) is 2. The minimum atomic E-state index is 0.611. The third kappa shape index (κ3) is 5.08. The van der Waals surface area contributed by atoms with Gasteiger partial charge in [0.25, 0.3) is 0 Å². The molecule has 16 heavy (non-hydrogen) atoms. The number of nitrogens with zero attached hydrogens (tertiary/aromatic N) is 1. The summed E-state index contributed by atoms with van der Waals surface area (Å²) >= 11 is 0. The van der Waals surface area contributed by atoms with E-state index < -0.39 is 0 Å². The molecule has 1 aromatic heterocycles. The van der Waals surface area contributed by atoms with Crippen LogP contribution in [0.4, 0.5) is 0 Å². The summed E-state index contributed by atoms with van der Waals surface area (Å²) in [7, 11) is 2.04. The van der Waals surface area contributed by atoms with E-state index in [1.54, 1.807) is 0 Å². The van der Waals surface area contributed by atoms with E-state index in [9.17, 15) is 0 Å². The Hall–Kier alpha value is -1.15. The zero-order valence-electron chi connectivity index (χ0n) is 10.2. The van der Waals surface area contributed by atoms with Crippen molar-refractivity contribution in [2.45, 2.75) is 38.1 Å². The average molecular weight is 218 g/mol. The van der Waals surface area contributed by atoms with Gasteiger partial charge in [-0.05, 0) is 50.8 Å². The minimum absolute atomic E-state index is 0.611. The molecule has 0 aliphatic rings. The van der Waals surface area contributed by atoms with Crippen LogP contribution in [0.15, 0.2) is 37.2 Å². The van der Waals surface area contributed by atoms with Crippen molar-refractivity contribution in [2.24, 2.45) is 0 Å². The first-order valence-electron chi connectivity index (χ1n) is 6.04. The van der Waals surface area contributed by atoms with Crippen molar-refractivity contribution in [3.05, 3.63) is 42.7 Å². The Balaban J connectivity index is 2.25. The Bertz CT molecular complexity index is 282. The lowest BCUT2D eigenvalue weighted by Gasteiger charge is -2.15. The van der Waals surface area contributed by atoms with E-state index in [-0.39, 0.29) is 0 Å². The van der Waals surface area contributed by atoms with Crippen molar-refractivity contribution < 1.29 is 0 Å². The van der Waals surface area contributed by atoms with Gasteiger partial charge < -0.3 is 5.32 Å². The molecule has 0 spiro atoms. The van der Waals surface area contributed by atoms with Crippen LogP contribution in [0.3, 0.4) is 0 Å². The first-order valence-corrected chi connectivity index (χ1v) is 6.04. The molecule has 0 aliphatic carbocycles. The molecule has 0 fully saturated rings. The number of pyridine rings is 1. The number of aryl methyl sites for hydroxylation is 1. The standard InChI is InChI=1S/C14H22N2/c1-3-4-5-8-14(15-2)10-9-13-7-6-11-16-12-13/h3,6-7,11-12,14-15H,1,4-5,8-10H2,2H3. The molecule has 1 unspecified atom stereocenters. The van der Waals surface area contributed by atoms with Gasteiger partial charge in [0.2, 0.25) is 0 Å². The maximum Gasteiger partial charge on any atom is 0.0299 e. The molecule has 0 saturated carbocycles. The quantitative estimate of drug-likeness (QED) is 0.536. The van der Waals surface area contributed by atoms with Gasteiger partial charge in [-0.25, -0.2) is 0 Å². The molecule has 2 heteroatoms. The second kappa shape index (κ2) is 8.05. The lowest BCUT2D eigenvalue weighted by Crippen LogP contribution is -2.25. The van der Waals surface area contributed by atoms with Crippen LogP contribution in [-0.2, 0) is 6.42 Å². The topological polar surface area (TPSA) is 24.9 Å². The highest BCUT2D eigenvalue weighted by molar-refractivity contribution is 5.08. The Morgan fingerprint density at radius 1 is 1.50 bits per heavy atom. The molecule has 0 saturated heterocycles. The molecule has 0 bridgehead atoms. The fourth-order valence-electron chi connectivity index (χ4n) is 1.83. The highest BCUT2D eigenvalue weighted by Gasteiger charge is 2.05. The molecular formula is C14H22N2. The molecule has 1 aromatic rings. The van der Waals surface area contributed by atoms with Gasteiger partial charge in [-0.2, -0.15) is 0 Å². The van der Waals surface area contributed by atoms with Crippen LogP contribution in [-0.4, -0.2) is 18.1 Å². The van der Waals surface area contributed by atoms with Gasteiger partial charge in [0.05, 0.1) is 0 Å². The highest BCUT2D eigenvalue weighted by Crippen LogP contribution is 2.09. The molecule has 1 heterocycles. The van der Waals surface area contributed by atoms with Gasteiger partial charge in [0.15, 0.2) is 0 Å². The van der Waals surface area contributed by atoms with Crippen molar-refractivity contribution in [1.29, 1.82) is 0 Å². The second-order valence-electron chi connectivity index (χ2n) is 4.11. The van der Waals surface area contributed by atoms with Crippen LogP contribution in [0.1, 0.15) is 31.2 Å². The largest absolute Gasteiger partial charge is 0.317 e. The van der Waals surface area contributed by atoms with E-state index in [4.69, 9.17) is 0 Å². The van der Waals surface area contributed by atoms with Crippen LogP contribution in [0.5, 0.6) is 0 Å². The van der Waals surface area contributed by atoms with Gasteiger partial charge in [0, 0.05) is 18.4 Å². The van der Waals surface area contributed by atoms with Gasteiger partial charge in [0.1, 0.15) is 0 Å². The third-order valence-corrected chi connectivity index (χ3v) is 2.87. The molecule has 0 radical (unpaired) electrons. The van der Waals surface area contributed by atoms with Crippen molar-refractivity contribution in [2.75, 3.05) is 7.05 Å². The SMILES string of the molecule is C=CCCCC(CCc1cccnc1)NC. The van der Waals surface area contributed by atoms with E-state index in [0.29, 0.717) is 6.04 Å². The van der Waals surface area contributed by atoms with Gasteiger partial charge >= 0.3 is 0 Å². The first-order chi connectivity index (χ1) is 7.86. The number of aromatic nitrogens is 1. The zero-order valence-corrected chi connectivity index (χ0v) is 10.2. The van der Waals surface area contributed by atoms with Gasteiger partial charge in [-0.3, -0.25) is 4.98 Å². The summed E-state index contributed by atoms with van der Waals surface area (Å²) in [6, 6.07) is 4.75. The first kappa shape index (κ1) is 12.9. The molecule has 1 atom stereocenters. The fourth-order valence-corrected chi connectivity index (χ4v) is 1.83. The van der Waals surface area contributed by atoms with Gasteiger partial charge in [-0.1, -0.05) is 12.1 Å². The fraction of sp³-hybridized carbons (Fsp3) is 0.500. The molecule has 1 N–H and O–H groups in total. The summed E-state index contributed by atoms with van der Waals surface area (Å²) in [6.07, 6.45) is 11.6. The summed E-state index contributed by atoms with van der Waals surface area (Å²) in [5.74, 6) is 0. The van der Waals surface area contributed by atoms with E-state index in [0.717, 1.165) is 12.8 Å². The predicted octanol–water partition coefficient (Wildman–Crippen LogP) is 2.96. The highest BCUT2D eigenvalue weighted by atomic mass is 14.9. The summed E-state index contributed by atoms with van der Waals surface area (Å²) < 4.78 is 0. The van der Waals surface area contributed by atoms with Crippen molar-refractivity contribution in [1.82, 2.24) is 10.3 Å². The predicted molar refractivity (Wildman–Crippen MR) is 69.5 cm³/mol. The minimum Gasteiger partial charge on any atom is -0.317 e. The van der Waals surface area contributed by atoms with E-state index in [2.05, 4.69) is 22.9 Å². The Morgan fingerprint density at radius 3 is 3.00 bits per heavy atom. The molecule has 1 rings (SSSR count). The lowest BCUT2D eigenvalue weighted by molar-refractivity contribution is 0.476. The van der Waals surface area contributed by atoms with Gasteiger partial charge in [-0.15, -0.1) is 6.58 Å². The molecule has 88 valence electrons. The molecule has 0 amide bonds. The Labute approximate surface area is 98.8 Å². The zero-order chi connectivity index (χ0) is 11.6. The van der Waals surface area contributed by atoms with Crippen molar-refractivity contribution in [3.8, 4) is 0 Å². The molecule has 0 aliphatic heterocycles. The normalized spacial score (nSPS) is 12.3. The summed E-state index contributed by atoms with van der Waals surface area (Å²) in [6.45, 7) is 3.75. The number of hydrogen-bond donors (Lipinski definition) is 1. The lowest BCUT2D eigenvalue weighted by atomic mass is 10.0.